The van der Waals surface area contributed by atoms with Crippen molar-refractivity contribution in [3.8, 4) is 0 Å². The standard InChI is InChI=1S/C12H12ClN3OS/c1-7-3-2-4-8(5-7)16-10(11(14)17)12-15-6-9(13)18-12/h2-6,10,16H,1H3,(H2,14,17). The number of nitrogens with zero attached hydrogens (tertiary/aromatic N) is 1. The van der Waals surface area contributed by atoms with Gasteiger partial charge in [0.15, 0.2) is 6.04 Å². The lowest BCUT2D eigenvalue weighted by molar-refractivity contribution is -0.118. The number of rotatable bonds is 4. The van der Waals surface area contributed by atoms with Gasteiger partial charge in [-0.2, -0.15) is 0 Å². The fraction of sp³-hybridized carbons (Fsp3) is 0.167. The van der Waals surface area contributed by atoms with E-state index in [0.717, 1.165) is 11.3 Å². The van der Waals surface area contributed by atoms with Gasteiger partial charge >= 0.3 is 0 Å². The summed E-state index contributed by atoms with van der Waals surface area (Å²) in [4.78, 5) is 15.6. The topological polar surface area (TPSA) is 68.0 Å². The zero-order valence-corrected chi connectivity index (χ0v) is 11.3. The molecule has 2 rings (SSSR count). The van der Waals surface area contributed by atoms with Crippen LogP contribution in [0.1, 0.15) is 16.6 Å². The van der Waals surface area contributed by atoms with Gasteiger partial charge < -0.3 is 11.1 Å². The molecule has 0 saturated carbocycles. The predicted octanol–water partition coefficient (Wildman–Crippen LogP) is 2.74. The third kappa shape index (κ3) is 3.00. The van der Waals surface area contributed by atoms with E-state index in [4.69, 9.17) is 17.3 Å². The number of aryl methyl sites for hydroxylation is 1. The van der Waals surface area contributed by atoms with Crippen molar-refractivity contribution in [1.82, 2.24) is 4.98 Å². The lowest BCUT2D eigenvalue weighted by atomic mass is 10.2. The number of nitrogens with one attached hydrogen (secondary N) is 1. The maximum Gasteiger partial charge on any atom is 0.247 e. The smallest absolute Gasteiger partial charge is 0.247 e. The lowest BCUT2D eigenvalue weighted by Gasteiger charge is -2.14. The van der Waals surface area contributed by atoms with Crippen LogP contribution in [-0.4, -0.2) is 10.9 Å². The van der Waals surface area contributed by atoms with Crippen LogP contribution in [0, 0.1) is 6.92 Å². The van der Waals surface area contributed by atoms with Crippen molar-refractivity contribution in [3.63, 3.8) is 0 Å². The lowest BCUT2D eigenvalue weighted by Crippen LogP contribution is -2.27. The molecule has 1 atom stereocenters. The second-order valence-corrected chi connectivity index (χ2v) is 5.55. The molecule has 4 nitrogen and oxygen atoms in total. The number of amides is 1. The number of benzene rings is 1. The molecular formula is C12H12ClN3OS. The van der Waals surface area contributed by atoms with Gasteiger partial charge in [0, 0.05) is 5.69 Å². The molecule has 18 heavy (non-hydrogen) atoms. The number of halogens is 1. The van der Waals surface area contributed by atoms with E-state index in [2.05, 4.69) is 10.3 Å². The Hall–Kier alpha value is -1.59. The summed E-state index contributed by atoms with van der Waals surface area (Å²) in [5.41, 5.74) is 7.31. The summed E-state index contributed by atoms with van der Waals surface area (Å²) in [6, 6.07) is 7.03. The summed E-state index contributed by atoms with van der Waals surface area (Å²) >= 11 is 7.05. The molecule has 0 spiro atoms. The minimum Gasteiger partial charge on any atom is -0.368 e. The van der Waals surface area contributed by atoms with E-state index in [1.807, 2.05) is 31.2 Å². The second kappa shape index (κ2) is 5.37. The molecule has 0 radical (unpaired) electrons. The van der Waals surface area contributed by atoms with Gasteiger partial charge in [0.2, 0.25) is 5.91 Å². The number of hydrogen-bond donors (Lipinski definition) is 2. The molecule has 3 N–H and O–H groups in total. The van der Waals surface area contributed by atoms with E-state index in [9.17, 15) is 4.79 Å². The number of hydrogen-bond acceptors (Lipinski definition) is 4. The van der Waals surface area contributed by atoms with Gasteiger partial charge in [-0.3, -0.25) is 4.79 Å². The Morgan fingerprint density at radius 1 is 1.56 bits per heavy atom. The van der Waals surface area contributed by atoms with E-state index >= 15 is 0 Å². The Morgan fingerprint density at radius 2 is 2.33 bits per heavy atom. The van der Waals surface area contributed by atoms with E-state index < -0.39 is 11.9 Å². The first-order valence-corrected chi connectivity index (χ1v) is 6.49. The summed E-state index contributed by atoms with van der Waals surface area (Å²) < 4.78 is 0.530. The zero-order valence-electron chi connectivity index (χ0n) is 9.68. The SMILES string of the molecule is Cc1cccc(NC(C(N)=O)c2ncc(Cl)s2)c1. The first-order valence-electron chi connectivity index (χ1n) is 5.30. The quantitative estimate of drug-likeness (QED) is 0.905. The highest BCUT2D eigenvalue weighted by atomic mass is 35.5. The molecule has 0 aliphatic rings. The maximum atomic E-state index is 11.5. The maximum absolute atomic E-state index is 11.5. The fourth-order valence-corrected chi connectivity index (χ4v) is 2.55. The average molecular weight is 282 g/mol. The number of anilines is 1. The number of nitrogens with two attached hydrogens (primary N) is 1. The number of primary amides is 1. The van der Waals surface area contributed by atoms with Crippen LogP contribution in [0.25, 0.3) is 0 Å². The zero-order chi connectivity index (χ0) is 13.1. The van der Waals surface area contributed by atoms with E-state index in [-0.39, 0.29) is 0 Å². The summed E-state index contributed by atoms with van der Waals surface area (Å²) in [6.07, 6.45) is 1.51. The third-order valence-electron chi connectivity index (χ3n) is 2.36. The molecule has 0 aliphatic carbocycles. The molecule has 1 unspecified atom stereocenters. The van der Waals surface area contributed by atoms with Gasteiger partial charge in [-0.15, -0.1) is 11.3 Å². The summed E-state index contributed by atoms with van der Waals surface area (Å²) in [5.74, 6) is -0.484. The molecule has 1 aromatic heterocycles. The summed E-state index contributed by atoms with van der Waals surface area (Å²) in [6.45, 7) is 1.98. The number of aromatic nitrogens is 1. The van der Waals surface area contributed by atoms with Crippen LogP contribution in [0.3, 0.4) is 0 Å². The first-order chi connectivity index (χ1) is 8.56. The summed E-state index contributed by atoms with van der Waals surface area (Å²) in [5, 5.41) is 3.63. The van der Waals surface area contributed by atoms with Gasteiger partial charge in [-0.1, -0.05) is 23.7 Å². The van der Waals surface area contributed by atoms with Crippen LogP contribution in [0.15, 0.2) is 30.5 Å². The first kappa shape index (κ1) is 12.9. The molecular weight excluding hydrogens is 270 g/mol. The van der Waals surface area contributed by atoms with Crippen LogP contribution in [0.4, 0.5) is 5.69 Å². The minimum atomic E-state index is -0.663. The van der Waals surface area contributed by atoms with Crippen LogP contribution in [0.5, 0.6) is 0 Å². The second-order valence-electron chi connectivity index (χ2n) is 3.85. The third-order valence-corrected chi connectivity index (χ3v) is 3.54. The van der Waals surface area contributed by atoms with Crippen molar-refractivity contribution in [2.75, 3.05) is 5.32 Å². The highest BCUT2D eigenvalue weighted by Gasteiger charge is 2.21. The van der Waals surface area contributed by atoms with Crippen molar-refractivity contribution in [2.24, 2.45) is 5.73 Å². The van der Waals surface area contributed by atoms with Crippen LogP contribution in [-0.2, 0) is 4.79 Å². The Morgan fingerprint density at radius 3 is 2.89 bits per heavy atom. The molecule has 0 saturated heterocycles. The Labute approximate surface area is 114 Å². The van der Waals surface area contributed by atoms with Gasteiger partial charge in [0.1, 0.15) is 9.34 Å². The number of carbonyl (C=O) groups excluding carboxylic acids is 1. The molecule has 0 aliphatic heterocycles. The molecule has 0 fully saturated rings. The van der Waals surface area contributed by atoms with E-state index in [0.29, 0.717) is 9.34 Å². The Bertz CT molecular complexity index is 570. The fourth-order valence-electron chi connectivity index (χ4n) is 1.56. The molecule has 6 heteroatoms. The van der Waals surface area contributed by atoms with E-state index in [1.165, 1.54) is 17.5 Å². The monoisotopic (exact) mass is 281 g/mol. The Balaban J connectivity index is 2.24. The van der Waals surface area contributed by atoms with Crippen molar-refractivity contribution < 1.29 is 4.79 Å². The largest absolute Gasteiger partial charge is 0.368 e. The number of carbonyl (C=O) groups is 1. The van der Waals surface area contributed by atoms with Crippen molar-refractivity contribution in [1.29, 1.82) is 0 Å². The van der Waals surface area contributed by atoms with Crippen molar-refractivity contribution in [3.05, 3.63) is 45.4 Å². The molecule has 0 bridgehead atoms. The minimum absolute atomic E-state index is 0.484. The number of thiazole rings is 1. The normalized spacial score (nSPS) is 12.1. The van der Waals surface area contributed by atoms with Crippen LogP contribution >= 0.6 is 22.9 Å². The molecule has 1 aromatic carbocycles. The summed E-state index contributed by atoms with van der Waals surface area (Å²) in [7, 11) is 0. The van der Waals surface area contributed by atoms with Crippen molar-refractivity contribution in [2.45, 2.75) is 13.0 Å². The Kier molecular flexibility index (Phi) is 3.84. The predicted molar refractivity (Wildman–Crippen MR) is 73.9 cm³/mol. The van der Waals surface area contributed by atoms with Crippen LogP contribution < -0.4 is 11.1 Å². The molecule has 2 aromatic rings. The molecule has 94 valence electrons. The van der Waals surface area contributed by atoms with E-state index in [1.54, 1.807) is 0 Å². The van der Waals surface area contributed by atoms with Gasteiger partial charge in [0.05, 0.1) is 6.20 Å². The van der Waals surface area contributed by atoms with Crippen LogP contribution in [0.2, 0.25) is 4.34 Å². The van der Waals surface area contributed by atoms with Gasteiger partial charge in [-0.05, 0) is 24.6 Å². The highest BCUT2D eigenvalue weighted by Crippen LogP contribution is 2.26. The van der Waals surface area contributed by atoms with Crippen molar-refractivity contribution >= 4 is 34.5 Å². The molecule has 1 amide bonds. The highest BCUT2D eigenvalue weighted by molar-refractivity contribution is 7.16. The average Bonchev–Trinajstić information content (AvgIpc) is 2.72. The van der Waals surface area contributed by atoms with Gasteiger partial charge in [0.25, 0.3) is 0 Å². The molecule has 1 heterocycles. The van der Waals surface area contributed by atoms with Gasteiger partial charge in [-0.25, -0.2) is 4.98 Å².